The standard InChI is InChI=1S/C11H8Cl2N6O/c12-6-2-1-5(3-7(6)13)4-8-15-10(20-19-8)9-16-11(14)18-17-9/h1-3H,4H2,(H3,14,16,17,18). The number of hydrogen-bond donors (Lipinski definition) is 2. The number of benzene rings is 1. The smallest absolute Gasteiger partial charge is 0.295 e. The Morgan fingerprint density at radius 1 is 1.20 bits per heavy atom. The third-order valence-electron chi connectivity index (χ3n) is 2.52. The largest absolute Gasteiger partial charge is 0.366 e. The van der Waals surface area contributed by atoms with Crippen molar-refractivity contribution in [3.8, 4) is 11.7 Å². The number of nitrogen functional groups attached to an aromatic ring is 1. The Bertz CT molecular complexity index is 753. The summed E-state index contributed by atoms with van der Waals surface area (Å²) >= 11 is 11.8. The van der Waals surface area contributed by atoms with Gasteiger partial charge in [0.1, 0.15) is 0 Å². The molecule has 2 heterocycles. The van der Waals surface area contributed by atoms with Gasteiger partial charge in [-0.3, -0.25) is 5.10 Å². The van der Waals surface area contributed by atoms with Crippen molar-refractivity contribution >= 4 is 29.2 Å². The van der Waals surface area contributed by atoms with Crippen molar-refractivity contribution in [1.82, 2.24) is 25.3 Å². The summed E-state index contributed by atoms with van der Waals surface area (Å²) in [7, 11) is 0. The molecule has 7 nitrogen and oxygen atoms in total. The van der Waals surface area contributed by atoms with Crippen LogP contribution in [0.25, 0.3) is 11.7 Å². The molecule has 0 amide bonds. The molecule has 3 rings (SSSR count). The molecule has 0 atom stereocenters. The zero-order valence-electron chi connectivity index (χ0n) is 9.97. The van der Waals surface area contributed by atoms with Crippen molar-refractivity contribution in [2.75, 3.05) is 5.73 Å². The molecule has 0 unspecified atom stereocenters. The lowest BCUT2D eigenvalue weighted by molar-refractivity contribution is 0.421. The first kappa shape index (κ1) is 12.9. The predicted molar refractivity (Wildman–Crippen MR) is 73.4 cm³/mol. The minimum absolute atomic E-state index is 0.115. The topological polar surface area (TPSA) is 107 Å². The van der Waals surface area contributed by atoms with E-state index in [4.69, 9.17) is 33.5 Å². The predicted octanol–water partition coefficient (Wildman–Crippen LogP) is 2.33. The van der Waals surface area contributed by atoms with Crippen molar-refractivity contribution in [2.45, 2.75) is 6.42 Å². The van der Waals surface area contributed by atoms with E-state index in [0.717, 1.165) is 5.56 Å². The van der Waals surface area contributed by atoms with Crippen LogP contribution >= 0.6 is 23.2 Å². The highest BCUT2D eigenvalue weighted by atomic mass is 35.5. The first-order chi connectivity index (χ1) is 9.61. The number of aromatic nitrogens is 5. The van der Waals surface area contributed by atoms with Crippen LogP contribution in [-0.2, 0) is 6.42 Å². The van der Waals surface area contributed by atoms with Crippen molar-refractivity contribution in [2.24, 2.45) is 0 Å². The molecule has 20 heavy (non-hydrogen) atoms. The number of rotatable bonds is 3. The van der Waals surface area contributed by atoms with Gasteiger partial charge in [0, 0.05) is 6.42 Å². The maximum absolute atomic E-state index is 5.95. The van der Waals surface area contributed by atoms with Gasteiger partial charge in [-0.1, -0.05) is 34.4 Å². The van der Waals surface area contributed by atoms with Crippen LogP contribution in [0, 0.1) is 0 Å². The fourth-order valence-corrected chi connectivity index (χ4v) is 1.95. The fourth-order valence-electron chi connectivity index (χ4n) is 1.62. The Labute approximate surface area is 123 Å². The number of hydrogen-bond acceptors (Lipinski definition) is 6. The van der Waals surface area contributed by atoms with Crippen LogP contribution in [0.1, 0.15) is 11.4 Å². The summed E-state index contributed by atoms with van der Waals surface area (Å²) in [5.74, 6) is 1.16. The second-order valence-corrected chi connectivity index (χ2v) is 4.80. The van der Waals surface area contributed by atoms with Crippen LogP contribution in [0.15, 0.2) is 22.7 Å². The molecule has 0 aliphatic carbocycles. The molecule has 1 aromatic carbocycles. The second-order valence-electron chi connectivity index (χ2n) is 3.98. The zero-order chi connectivity index (χ0) is 14.1. The number of nitrogens with zero attached hydrogens (tertiary/aromatic N) is 4. The Hall–Kier alpha value is -2.12. The molecule has 3 N–H and O–H groups in total. The molecule has 2 aromatic heterocycles. The van der Waals surface area contributed by atoms with Gasteiger partial charge >= 0.3 is 0 Å². The highest BCUT2D eigenvalue weighted by Gasteiger charge is 2.13. The minimum Gasteiger partial charge on any atom is -0.366 e. The molecule has 0 radical (unpaired) electrons. The van der Waals surface area contributed by atoms with Gasteiger partial charge in [-0.2, -0.15) is 9.97 Å². The number of H-pyrrole nitrogens is 1. The molecular formula is C11H8Cl2N6O. The lowest BCUT2D eigenvalue weighted by Gasteiger charge is -1.99. The van der Waals surface area contributed by atoms with Crippen molar-refractivity contribution in [3.63, 3.8) is 0 Å². The SMILES string of the molecule is Nc1n[nH]c(-c2nc(Cc3ccc(Cl)c(Cl)c3)no2)n1. The quantitative estimate of drug-likeness (QED) is 0.769. The Kier molecular flexibility index (Phi) is 3.29. The summed E-state index contributed by atoms with van der Waals surface area (Å²) < 4.78 is 5.08. The first-order valence-electron chi connectivity index (χ1n) is 5.56. The maximum Gasteiger partial charge on any atom is 0.295 e. The fraction of sp³-hybridized carbons (Fsp3) is 0.0909. The Balaban J connectivity index is 1.82. The Morgan fingerprint density at radius 3 is 2.75 bits per heavy atom. The van der Waals surface area contributed by atoms with Gasteiger partial charge in [-0.25, -0.2) is 0 Å². The van der Waals surface area contributed by atoms with Gasteiger partial charge in [0.25, 0.3) is 5.89 Å². The normalized spacial score (nSPS) is 10.9. The summed E-state index contributed by atoms with van der Waals surface area (Å²) in [5.41, 5.74) is 6.33. The third kappa shape index (κ3) is 2.59. The van der Waals surface area contributed by atoms with Gasteiger partial charge in [0.15, 0.2) is 5.82 Å². The molecule has 0 bridgehead atoms. The van der Waals surface area contributed by atoms with Gasteiger partial charge in [-0.15, -0.1) is 5.10 Å². The molecular weight excluding hydrogens is 303 g/mol. The van der Waals surface area contributed by atoms with Crippen molar-refractivity contribution in [1.29, 1.82) is 0 Å². The van der Waals surface area contributed by atoms with Gasteiger partial charge < -0.3 is 10.3 Å². The van der Waals surface area contributed by atoms with E-state index in [1.54, 1.807) is 12.1 Å². The first-order valence-corrected chi connectivity index (χ1v) is 6.32. The maximum atomic E-state index is 5.95. The molecule has 0 aliphatic rings. The van der Waals surface area contributed by atoms with Crippen LogP contribution in [0.2, 0.25) is 10.0 Å². The minimum atomic E-state index is 0.115. The van der Waals surface area contributed by atoms with Gasteiger partial charge in [0.2, 0.25) is 11.8 Å². The van der Waals surface area contributed by atoms with E-state index < -0.39 is 0 Å². The monoisotopic (exact) mass is 310 g/mol. The van der Waals surface area contributed by atoms with Crippen LogP contribution in [0.5, 0.6) is 0 Å². The lowest BCUT2D eigenvalue weighted by atomic mass is 10.1. The van der Waals surface area contributed by atoms with E-state index in [1.165, 1.54) is 0 Å². The zero-order valence-corrected chi connectivity index (χ0v) is 11.5. The van der Waals surface area contributed by atoms with E-state index in [1.807, 2.05) is 6.07 Å². The summed E-state index contributed by atoms with van der Waals surface area (Å²) in [5, 5.41) is 11.1. The molecule has 102 valence electrons. The summed E-state index contributed by atoms with van der Waals surface area (Å²) in [4.78, 5) is 8.10. The third-order valence-corrected chi connectivity index (χ3v) is 3.26. The highest BCUT2D eigenvalue weighted by Crippen LogP contribution is 2.23. The van der Waals surface area contributed by atoms with E-state index in [2.05, 4.69) is 25.3 Å². The number of nitrogens with one attached hydrogen (secondary N) is 1. The average Bonchev–Trinajstić information content (AvgIpc) is 3.03. The molecule has 0 aliphatic heterocycles. The van der Waals surface area contributed by atoms with Crippen LogP contribution < -0.4 is 5.73 Å². The van der Waals surface area contributed by atoms with E-state index in [9.17, 15) is 0 Å². The molecule has 3 aromatic rings. The Morgan fingerprint density at radius 2 is 2.05 bits per heavy atom. The van der Waals surface area contributed by atoms with Crippen LogP contribution in [0.4, 0.5) is 5.95 Å². The van der Waals surface area contributed by atoms with Crippen LogP contribution in [-0.4, -0.2) is 25.3 Å². The highest BCUT2D eigenvalue weighted by molar-refractivity contribution is 6.42. The van der Waals surface area contributed by atoms with Crippen LogP contribution in [0.3, 0.4) is 0 Å². The van der Waals surface area contributed by atoms with Crippen molar-refractivity contribution in [3.05, 3.63) is 39.6 Å². The lowest BCUT2D eigenvalue weighted by Crippen LogP contribution is -1.91. The number of anilines is 1. The molecule has 0 spiro atoms. The average molecular weight is 311 g/mol. The molecule has 0 fully saturated rings. The van der Waals surface area contributed by atoms with Gasteiger partial charge in [-0.05, 0) is 17.7 Å². The summed E-state index contributed by atoms with van der Waals surface area (Å²) in [6.45, 7) is 0. The number of nitrogens with two attached hydrogens (primary N) is 1. The second kappa shape index (κ2) is 5.10. The summed E-state index contributed by atoms with van der Waals surface area (Å²) in [6.07, 6.45) is 0.462. The summed E-state index contributed by atoms with van der Waals surface area (Å²) in [6, 6.07) is 5.32. The van der Waals surface area contributed by atoms with Crippen molar-refractivity contribution < 1.29 is 4.52 Å². The molecule has 0 saturated carbocycles. The van der Waals surface area contributed by atoms with E-state index in [-0.39, 0.29) is 11.8 Å². The van der Waals surface area contributed by atoms with E-state index >= 15 is 0 Å². The molecule has 0 saturated heterocycles. The molecule has 9 heteroatoms. The number of halogens is 2. The van der Waals surface area contributed by atoms with E-state index in [0.29, 0.717) is 28.1 Å². The number of aromatic amines is 1. The van der Waals surface area contributed by atoms with Gasteiger partial charge in [0.05, 0.1) is 10.0 Å².